The Balaban J connectivity index is 1.44. The third-order valence-electron chi connectivity index (χ3n) is 4.90. The molecule has 0 saturated carbocycles. The molecule has 1 aliphatic rings. The van der Waals surface area contributed by atoms with Crippen LogP contribution in [0.25, 0.3) is 10.9 Å². The number of H-pyrrole nitrogens is 1. The Morgan fingerprint density at radius 3 is 2.71 bits per heavy atom. The third-order valence-corrected chi connectivity index (χ3v) is 5.43. The molecule has 2 atom stereocenters. The van der Waals surface area contributed by atoms with Crippen LogP contribution in [0, 0.1) is 0 Å². The number of hydrogen-bond donors (Lipinski definition) is 3. The van der Waals surface area contributed by atoms with Crippen molar-refractivity contribution in [2.45, 2.75) is 25.0 Å². The molecule has 0 bridgehead atoms. The van der Waals surface area contributed by atoms with Crippen molar-refractivity contribution in [3.63, 3.8) is 0 Å². The van der Waals surface area contributed by atoms with E-state index in [2.05, 4.69) is 36.7 Å². The highest BCUT2D eigenvalue weighted by molar-refractivity contribution is 9.10. The van der Waals surface area contributed by atoms with Crippen LogP contribution in [0.4, 0.5) is 0 Å². The molecule has 4 rings (SSSR count). The Morgan fingerprint density at radius 1 is 1.18 bits per heavy atom. The molecule has 0 spiro atoms. The summed E-state index contributed by atoms with van der Waals surface area (Å²) in [5, 5.41) is 0.541. The number of amides is 1. The van der Waals surface area contributed by atoms with Crippen LogP contribution in [0.5, 0.6) is 0 Å². The number of rotatable bonds is 4. The molecular formula is C20H20BrN5O2. The lowest BCUT2D eigenvalue weighted by molar-refractivity contribution is -0.132. The average molecular weight is 442 g/mol. The maximum atomic E-state index is 12.8. The van der Waals surface area contributed by atoms with Crippen LogP contribution in [0.2, 0.25) is 0 Å². The van der Waals surface area contributed by atoms with Crippen molar-refractivity contribution in [3.05, 3.63) is 74.7 Å². The van der Waals surface area contributed by atoms with Gasteiger partial charge in [0.25, 0.3) is 5.56 Å². The number of fused-ring (bicyclic) bond motifs is 1. The second-order valence-electron chi connectivity index (χ2n) is 6.91. The standard InChI is InChI=1S/C20H20BrN5O2/c1-26(11-18-22-15-5-3-2-4-14(15)19(27)23-18)20(28)17-10-16(24-25-17)12-6-8-13(21)9-7-12/h2-9,16-17,24-25H,10-11H2,1H3,(H,22,23,27). The molecule has 28 heavy (non-hydrogen) atoms. The fraction of sp³-hybridized carbons (Fsp3) is 0.250. The van der Waals surface area contributed by atoms with Gasteiger partial charge in [-0.2, -0.15) is 0 Å². The average Bonchev–Trinajstić information content (AvgIpc) is 3.18. The first-order valence-corrected chi connectivity index (χ1v) is 9.80. The molecule has 3 N–H and O–H groups in total. The minimum Gasteiger partial charge on any atom is -0.337 e. The molecule has 1 saturated heterocycles. The zero-order valence-corrected chi connectivity index (χ0v) is 16.9. The van der Waals surface area contributed by atoms with Gasteiger partial charge in [-0.15, -0.1) is 0 Å². The van der Waals surface area contributed by atoms with Crippen molar-refractivity contribution < 1.29 is 4.79 Å². The number of nitrogens with zero attached hydrogens (tertiary/aromatic N) is 2. The normalized spacial score (nSPS) is 19.1. The highest BCUT2D eigenvalue weighted by Crippen LogP contribution is 2.24. The molecule has 1 aliphatic heterocycles. The van der Waals surface area contributed by atoms with Gasteiger partial charge in [-0.25, -0.2) is 15.8 Å². The van der Waals surface area contributed by atoms with Gasteiger partial charge in [0.2, 0.25) is 5.91 Å². The molecule has 2 unspecified atom stereocenters. The molecule has 2 heterocycles. The van der Waals surface area contributed by atoms with E-state index in [0.717, 1.165) is 10.0 Å². The summed E-state index contributed by atoms with van der Waals surface area (Å²) < 4.78 is 1.02. The zero-order chi connectivity index (χ0) is 19.7. The highest BCUT2D eigenvalue weighted by atomic mass is 79.9. The van der Waals surface area contributed by atoms with Gasteiger partial charge >= 0.3 is 0 Å². The van der Waals surface area contributed by atoms with Gasteiger partial charge in [0.1, 0.15) is 11.9 Å². The van der Waals surface area contributed by atoms with Crippen LogP contribution in [0.3, 0.4) is 0 Å². The number of hydrazine groups is 1. The quantitative estimate of drug-likeness (QED) is 0.577. The molecule has 3 aromatic rings. The summed E-state index contributed by atoms with van der Waals surface area (Å²) in [6.45, 7) is 0.236. The number of aromatic nitrogens is 2. The lowest BCUT2D eigenvalue weighted by atomic mass is 10.0. The maximum absolute atomic E-state index is 12.8. The fourth-order valence-electron chi connectivity index (χ4n) is 3.41. The Labute approximate surface area is 170 Å². The molecule has 0 aliphatic carbocycles. The smallest absolute Gasteiger partial charge is 0.258 e. The summed E-state index contributed by atoms with van der Waals surface area (Å²) in [6.07, 6.45) is 0.645. The second-order valence-corrected chi connectivity index (χ2v) is 7.82. The number of carbonyl (C=O) groups is 1. The van der Waals surface area contributed by atoms with Crippen molar-refractivity contribution in [1.29, 1.82) is 0 Å². The summed E-state index contributed by atoms with van der Waals surface area (Å²) >= 11 is 3.43. The van der Waals surface area contributed by atoms with E-state index in [4.69, 9.17) is 0 Å². The van der Waals surface area contributed by atoms with Crippen molar-refractivity contribution in [2.75, 3.05) is 7.05 Å². The van der Waals surface area contributed by atoms with Crippen molar-refractivity contribution in [3.8, 4) is 0 Å². The molecule has 1 fully saturated rings. The Kier molecular flexibility index (Phi) is 5.25. The SMILES string of the molecule is CN(Cc1nc2ccccc2c(=O)[nH]1)C(=O)C1CC(c2ccc(Br)cc2)NN1. The van der Waals surface area contributed by atoms with E-state index < -0.39 is 0 Å². The van der Waals surface area contributed by atoms with Crippen molar-refractivity contribution in [1.82, 2.24) is 25.7 Å². The van der Waals surface area contributed by atoms with Crippen LogP contribution in [-0.4, -0.2) is 33.9 Å². The van der Waals surface area contributed by atoms with Gasteiger partial charge in [0.05, 0.1) is 17.4 Å². The lowest BCUT2D eigenvalue weighted by Crippen LogP contribution is -2.44. The number of nitrogens with one attached hydrogen (secondary N) is 3. The summed E-state index contributed by atoms with van der Waals surface area (Å²) in [5.41, 5.74) is 7.82. The van der Waals surface area contributed by atoms with Crippen LogP contribution in [0.15, 0.2) is 57.8 Å². The minimum absolute atomic E-state index is 0.0529. The van der Waals surface area contributed by atoms with E-state index in [1.54, 1.807) is 30.1 Å². The van der Waals surface area contributed by atoms with E-state index in [1.165, 1.54) is 0 Å². The second kappa shape index (κ2) is 7.83. The van der Waals surface area contributed by atoms with Gasteiger partial charge in [-0.1, -0.05) is 40.2 Å². The molecule has 7 nitrogen and oxygen atoms in total. The maximum Gasteiger partial charge on any atom is 0.258 e. The predicted octanol–water partition coefficient (Wildman–Crippen LogP) is 2.25. The lowest BCUT2D eigenvalue weighted by Gasteiger charge is -2.20. The summed E-state index contributed by atoms with van der Waals surface area (Å²) in [6, 6.07) is 14.9. The first-order valence-electron chi connectivity index (χ1n) is 9.00. The number of hydrogen-bond acceptors (Lipinski definition) is 5. The zero-order valence-electron chi connectivity index (χ0n) is 15.3. The Bertz CT molecular complexity index is 1070. The topological polar surface area (TPSA) is 90.1 Å². The van der Waals surface area contributed by atoms with Crippen LogP contribution < -0.4 is 16.4 Å². The Morgan fingerprint density at radius 2 is 1.93 bits per heavy atom. The van der Waals surface area contributed by atoms with Crippen LogP contribution in [-0.2, 0) is 11.3 Å². The number of para-hydroxylation sites is 1. The third kappa shape index (κ3) is 3.84. The number of halogens is 1. The Hall–Kier alpha value is -2.55. The van der Waals surface area contributed by atoms with E-state index in [-0.39, 0.29) is 30.1 Å². The largest absolute Gasteiger partial charge is 0.337 e. The van der Waals surface area contributed by atoms with Gasteiger partial charge in [0.15, 0.2) is 0 Å². The van der Waals surface area contributed by atoms with Crippen molar-refractivity contribution in [2.24, 2.45) is 0 Å². The number of aromatic amines is 1. The number of carbonyl (C=O) groups excluding carboxylic acids is 1. The van der Waals surface area contributed by atoms with Gasteiger partial charge < -0.3 is 9.88 Å². The van der Waals surface area contributed by atoms with Crippen LogP contribution >= 0.6 is 15.9 Å². The number of likely N-dealkylation sites (N-methyl/N-ethyl adjacent to an activating group) is 1. The van der Waals surface area contributed by atoms with E-state index >= 15 is 0 Å². The van der Waals surface area contributed by atoms with E-state index in [0.29, 0.717) is 23.1 Å². The molecule has 8 heteroatoms. The molecule has 144 valence electrons. The predicted molar refractivity (Wildman–Crippen MR) is 110 cm³/mol. The summed E-state index contributed by atoms with van der Waals surface area (Å²) in [7, 11) is 1.71. The minimum atomic E-state index is -0.342. The first kappa shape index (κ1) is 18.8. The highest BCUT2D eigenvalue weighted by Gasteiger charge is 2.32. The molecule has 0 radical (unpaired) electrons. The summed E-state index contributed by atoms with van der Waals surface area (Å²) in [5.74, 6) is 0.415. The molecular weight excluding hydrogens is 422 g/mol. The monoisotopic (exact) mass is 441 g/mol. The first-order chi connectivity index (χ1) is 13.5. The van der Waals surface area contributed by atoms with E-state index in [1.807, 2.05) is 30.3 Å². The molecule has 1 aromatic heterocycles. The van der Waals surface area contributed by atoms with E-state index in [9.17, 15) is 9.59 Å². The number of benzene rings is 2. The van der Waals surface area contributed by atoms with Crippen molar-refractivity contribution >= 4 is 32.7 Å². The molecule has 1 amide bonds. The van der Waals surface area contributed by atoms with Gasteiger partial charge in [0, 0.05) is 17.6 Å². The summed E-state index contributed by atoms with van der Waals surface area (Å²) in [4.78, 5) is 33.8. The van der Waals surface area contributed by atoms with Gasteiger partial charge in [-0.3, -0.25) is 9.59 Å². The molecule has 2 aromatic carbocycles. The van der Waals surface area contributed by atoms with Crippen LogP contribution in [0.1, 0.15) is 23.9 Å². The van der Waals surface area contributed by atoms with Gasteiger partial charge in [-0.05, 0) is 36.2 Å². The fourth-order valence-corrected chi connectivity index (χ4v) is 3.67.